The van der Waals surface area contributed by atoms with Crippen LogP contribution in [0.15, 0.2) is 0 Å². The second-order valence-electron chi connectivity index (χ2n) is 7.70. The minimum absolute atomic E-state index is 0.0514. The molecule has 3 heteroatoms. The number of carbonyl (C=O) groups excluding carboxylic acids is 1. The first-order valence-corrected chi connectivity index (χ1v) is 7.94. The van der Waals surface area contributed by atoms with Crippen LogP contribution in [0.2, 0.25) is 0 Å². The Morgan fingerprint density at radius 1 is 1.16 bits per heavy atom. The maximum absolute atomic E-state index is 12.7. The molecule has 0 aromatic heterocycles. The van der Waals surface area contributed by atoms with E-state index in [0.717, 1.165) is 37.0 Å². The maximum atomic E-state index is 12.7. The molecule has 4 bridgehead atoms. The van der Waals surface area contributed by atoms with Crippen LogP contribution < -0.4 is 5.32 Å². The SMILES string of the molecule is CC(C)C(CO)NC(=O)C12CC3CC(CC(C3)C1)C2. The number of aliphatic hydroxyl groups excluding tert-OH is 1. The van der Waals surface area contributed by atoms with E-state index in [9.17, 15) is 9.90 Å². The van der Waals surface area contributed by atoms with Crippen molar-refractivity contribution in [2.24, 2.45) is 29.1 Å². The van der Waals surface area contributed by atoms with Gasteiger partial charge in [0.05, 0.1) is 12.6 Å². The first-order valence-electron chi connectivity index (χ1n) is 7.94. The molecule has 2 N–H and O–H groups in total. The predicted molar refractivity (Wildman–Crippen MR) is 74.5 cm³/mol. The fraction of sp³-hybridized carbons (Fsp3) is 0.938. The number of hydrogen-bond donors (Lipinski definition) is 2. The molecule has 4 fully saturated rings. The van der Waals surface area contributed by atoms with Crippen molar-refractivity contribution >= 4 is 5.91 Å². The van der Waals surface area contributed by atoms with Crippen molar-refractivity contribution in [1.82, 2.24) is 5.32 Å². The van der Waals surface area contributed by atoms with Gasteiger partial charge in [0.25, 0.3) is 0 Å². The van der Waals surface area contributed by atoms with Crippen molar-refractivity contribution in [3.05, 3.63) is 0 Å². The first-order chi connectivity index (χ1) is 9.02. The molecule has 0 aromatic rings. The summed E-state index contributed by atoms with van der Waals surface area (Å²) < 4.78 is 0. The van der Waals surface area contributed by atoms with E-state index in [1.54, 1.807) is 0 Å². The van der Waals surface area contributed by atoms with Crippen LogP contribution in [-0.2, 0) is 4.79 Å². The lowest BCUT2D eigenvalue weighted by Gasteiger charge is -2.56. The van der Waals surface area contributed by atoms with Crippen molar-refractivity contribution in [3.63, 3.8) is 0 Å². The number of carbonyl (C=O) groups is 1. The Kier molecular flexibility index (Phi) is 3.36. The average molecular weight is 265 g/mol. The fourth-order valence-electron chi connectivity index (χ4n) is 5.13. The summed E-state index contributed by atoms with van der Waals surface area (Å²) in [5.74, 6) is 2.91. The maximum Gasteiger partial charge on any atom is 0.226 e. The van der Waals surface area contributed by atoms with E-state index in [1.807, 2.05) is 0 Å². The zero-order chi connectivity index (χ0) is 13.6. The molecule has 0 spiro atoms. The molecule has 19 heavy (non-hydrogen) atoms. The average Bonchev–Trinajstić information content (AvgIpc) is 2.33. The second-order valence-corrected chi connectivity index (χ2v) is 7.70. The van der Waals surface area contributed by atoms with Gasteiger partial charge in [-0.2, -0.15) is 0 Å². The highest BCUT2D eigenvalue weighted by atomic mass is 16.3. The number of nitrogens with one attached hydrogen (secondary N) is 1. The minimum Gasteiger partial charge on any atom is -0.394 e. The smallest absolute Gasteiger partial charge is 0.226 e. The van der Waals surface area contributed by atoms with Crippen molar-refractivity contribution in [2.45, 2.75) is 58.4 Å². The van der Waals surface area contributed by atoms with Crippen molar-refractivity contribution < 1.29 is 9.90 Å². The number of amides is 1. The van der Waals surface area contributed by atoms with Crippen LogP contribution in [0.25, 0.3) is 0 Å². The molecule has 1 atom stereocenters. The largest absolute Gasteiger partial charge is 0.394 e. The summed E-state index contributed by atoms with van der Waals surface area (Å²) in [7, 11) is 0. The van der Waals surface area contributed by atoms with E-state index in [2.05, 4.69) is 19.2 Å². The van der Waals surface area contributed by atoms with Crippen LogP contribution in [0.1, 0.15) is 52.4 Å². The van der Waals surface area contributed by atoms with E-state index in [-0.39, 0.29) is 24.0 Å². The Hall–Kier alpha value is -0.570. The molecule has 4 rings (SSSR count). The zero-order valence-electron chi connectivity index (χ0n) is 12.2. The van der Waals surface area contributed by atoms with Gasteiger partial charge in [-0.1, -0.05) is 13.8 Å². The van der Waals surface area contributed by atoms with Crippen LogP contribution in [0.4, 0.5) is 0 Å². The number of aliphatic hydroxyl groups is 1. The monoisotopic (exact) mass is 265 g/mol. The molecule has 0 radical (unpaired) electrons. The predicted octanol–water partition coefficient (Wildman–Crippen LogP) is 2.34. The topological polar surface area (TPSA) is 49.3 Å². The summed E-state index contributed by atoms with van der Waals surface area (Å²) in [5, 5.41) is 12.5. The molecule has 0 saturated heterocycles. The van der Waals surface area contributed by atoms with Gasteiger partial charge in [0.1, 0.15) is 0 Å². The van der Waals surface area contributed by atoms with E-state index >= 15 is 0 Å². The van der Waals surface area contributed by atoms with Gasteiger partial charge in [0.15, 0.2) is 0 Å². The highest BCUT2D eigenvalue weighted by Crippen LogP contribution is 2.60. The Morgan fingerprint density at radius 2 is 1.63 bits per heavy atom. The summed E-state index contributed by atoms with van der Waals surface area (Å²) >= 11 is 0. The van der Waals surface area contributed by atoms with Gasteiger partial charge in [0, 0.05) is 5.41 Å². The summed E-state index contributed by atoms with van der Waals surface area (Å²) in [5.41, 5.74) is -0.0863. The van der Waals surface area contributed by atoms with Gasteiger partial charge in [0.2, 0.25) is 5.91 Å². The van der Waals surface area contributed by atoms with Gasteiger partial charge in [-0.25, -0.2) is 0 Å². The molecule has 4 saturated carbocycles. The first kappa shape index (κ1) is 13.4. The van der Waals surface area contributed by atoms with E-state index in [0.29, 0.717) is 5.92 Å². The quantitative estimate of drug-likeness (QED) is 0.819. The van der Waals surface area contributed by atoms with Gasteiger partial charge >= 0.3 is 0 Å². The van der Waals surface area contributed by atoms with Crippen LogP contribution in [0.5, 0.6) is 0 Å². The third kappa shape index (κ3) is 2.31. The van der Waals surface area contributed by atoms with Crippen molar-refractivity contribution in [2.75, 3.05) is 6.61 Å². The molecule has 1 amide bonds. The Balaban J connectivity index is 1.72. The number of hydrogen-bond acceptors (Lipinski definition) is 2. The summed E-state index contributed by atoms with van der Waals surface area (Å²) in [4.78, 5) is 12.7. The zero-order valence-corrected chi connectivity index (χ0v) is 12.2. The Morgan fingerprint density at radius 3 is 2.00 bits per heavy atom. The third-order valence-electron chi connectivity index (χ3n) is 5.84. The van der Waals surface area contributed by atoms with E-state index < -0.39 is 0 Å². The fourth-order valence-corrected chi connectivity index (χ4v) is 5.13. The summed E-state index contributed by atoms with van der Waals surface area (Å²) in [6.07, 6.45) is 7.38. The van der Waals surface area contributed by atoms with Gasteiger partial charge in [-0.05, 0) is 62.2 Å². The highest BCUT2D eigenvalue weighted by Gasteiger charge is 2.54. The molecule has 0 heterocycles. The molecule has 4 aliphatic rings. The highest BCUT2D eigenvalue weighted by molar-refractivity contribution is 5.83. The Labute approximate surface area is 116 Å². The molecule has 0 aliphatic heterocycles. The normalized spacial score (nSPS) is 41.6. The van der Waals surface area contributed by atoms with Crippen molar-refractivity contribution in [1.29, 1.82) is 0 Å². The summed E-state index contributed by atoms with van der Waals surface area (Å²) in [6.45, 7) is 4.16. The van der Waals surface area contributed by atoms with Gasteiger partial charge < -0.3 is 10.4 Å². The Bertz CT molecular complexity index is 328. The standard InChI is InChI=1S/C16H27NO2/c1-10(2)14(9-18)17-15(19)16-6-11-3-12(7-16)5-13(4-11)8-16/h10-14,18H,3-9H2,1-2H3,(H,17,19). The lowest BCUT2D eigenvalue weighted by atomic mass is 9.49. The molecule has 0 aromatic carbocycles. The molecule has 108 valence electrons. The van der Waals surface area contributed by atoms with Gasteiger partial charge in [-0.3, -0.25) is 4.79 Å². The molecule has 4 aliphatic carbocycles. The lowest BCUT2D eigenvalue weighted by molar-refractivity contribution is -0.147. The summed E-state index contributed by atoms with van der Waals surface area (Å²) in [6, 6.07) is -0.0829. The second kappa shape index (κ2) is 4.76. The molecule has 3 nitrogen and oxygen atoms in total. The van der Waals surface area contributed by atoms with Gasteiger partial charge in [-0.15, -0.1) is 0 Å². The molecular formula is C16H27NO2. The lowest BCUT2D eigenvalue weighted by Crippen LogP contribution is -2.56. The molecule has 1 unspecified atom stereocenters. The minimum atomic E-state index is -0.0863. The van der Waals surface area contributed by atoms with Crippen LogP contribution >= 0.6 is 0 Å². The number of rotatable bonds is 4. The van der Waals surface area contributed by atoms with E-state index in [1.165, 1.54) is 19.3 Å². The van der Waals surface area contributed by atoms with E-state index in [4.69, 9.17) is 0 Å². The van der Waals surface area contributed by atoms with Crippen LogP contribution in [0, 0.1) is 29.1 Å². The van der Waals surface area contributed by atoms with Crippen molar-refractivity contribution in [3.8, 4) is 0 Å². The van der Waals surface area contributed by atoms with Crippen LogP contribution in [0.3, 0.4) is 0 Å². The third-order valence-corrected chi connectivity index (χ3v) is 5.84. The molecular weight excluding hydrogens is 238 g/mol. The van der Waals surface area contributed by atoms with Crippen LogP contribution in [-0.4, -0.2) is 23.7 Å².